The topological polar surface area (TPSA) is 58.2 Å². The van der Waals surface area contributed by atoms with Gasteiger partial charge in [-0.1, -0.05) is 25.1 Å². The van der Waals surface area contributed by atoms with E-state index in [0.717, 1.165) is 18.7 Å². The van der Waals surface area contributed by atoms with Crippen LogP contribution in [0.15, 0.2) is 18.2 Å². The Hall–Kier alpha value is -0.910. The Bertz CT molecular complexity index is 497. The molecule has 0 aromatic heterocycles. The summed E-state index contributed by atoms with van der Waals surface area (Å²) in [5.41, 5.74) is 3.61. The van der Waals surface area contributed by atoms with Crippen LogP contribution in [-0.2, 0) is 29.7 Å². The maximum atomic E-state index is 11.5. The van der Waals surface area contributed by atoms with Crippen molar-refractivity contribution in [2.75, 3.05) is 5.75 Å². The summed E-state index contributed by atoms with van der Waals surface area (Å²) >= 11 is 0. The molecule has 0 bridgehead atoms. The largest absolute Gasteiger partial charge is 0.309 e. The molecule has 2 N–H and O–H groups in total. The van der Waals surface area contributed by atoms with E-state index in [1.807, 2.05) is 13.0 Å². The van der Waals surface area contributed by atoms with Gasteiger partial charge in [-0.3, -0.25) is 0 Å². The van der Waals surface area contributed by atoms with Crippen LogP contribution >= 0.6 is 0 Å². The Labute approximate surface area is 102 Å². The minimum atomic E-state index is -3.11. The molecule has 1 aliphatic heterocycles. The first kappa shape index (κ1) is 12.5. The van der Waals surface area contributed by atoms with Crippen LogP contribution in [0.2, 0.25) is 0 Å². The normalized spacial score (nSPS) is 14.9. The number of hydrogen-bond acceptors (Lipinski definition) is 3. The highest BCUT2D eigenvalue weighted by atomic mass is 32.2. The fourth-order valence-corrected chi connectivity index (χ4v) is 3.06. The quantitative estimate of drug-likeness (QED) is 0.828. The zero-order valence-corrected chi connectivity index (χ0v) is 10.8. The molecule has 17 heavy (non-hydrogen) atoms. The minimum Gasteiger partial charge on any atom is -0.309 e. The lowest BCUT2D eigenvalue weighted by Crippen LogP contribution is -2.25. The maximum absolute atomic E-state index is 11.5. The molecule has 0 unspecified atom stereocenters. The molecule has 0 spiro atoms. The first-order valence-corrected chi connectivity index (χ1v) is 7.54. The lowest BCUT2D eigenvalue weighted by atomic mass is 10.1. The maximum Gasteiger partial charge on any atom is 0.211 e. The molecule has 94 valence electrons. The van der Waals surface area contributed by atoms with Crippen molar-refractivity contribution in [3.05, 3.63) is 34.9 Å². The zero-order valence-electron chi connectivity index (χ0n) is 9.99. The number of rotatable bonds is 5. The van der Waals surface area contributed by atoms with Crippen LogP contribution in [0.1, 0.15) is 30.0 Å². The smallest absolute Gasteiger partial charge is 0.211 e. The van der Waals surface area contributed by atoms with Crippen molar-refractivity contribution in [1.82, 2.24) is 10.0 Å². The molecule has 0 amide bonds. The molecule has 0 radical (unpaired) electrons. The van der Waals surface area contributed by atoms with Gasteiger partial charge in [0.1, 0.15) is 0 Å². The van der Waals surface area contributed by atoms with Gasteiger partial charge in [-0.2, -0.15) is 0 Å². The van der Waals surface area contributed by atoms with Crippen LogP contribution in [0, 0.1) is 0 Å². The third-order valence-electron chi connectivity index (χ3n) is 2.87. The fraction of sp³-hybridized carbons (Fsp3) is 0.500. The van der Waals surface area contributed by atoms with Gasteiger partial charge in [-0.05, 0) is 23.1 Å². The first-order chi connectivity index (χ1) is 8.11. The monoisotopic (exact) mass is 254 g/mol. The molecule has 4 nitrogen and oxygen atoms in total. The van der Waals surface area contributed by atoms with Gasteiger partial charge in [-0.25, -0.2) is 13.1 Å². The highest BCUT2D eigenvalue weighted by Crippen LogP contribution is 2.17. The van der Waals surface area contributed by atoms with E-state index in [0.29, 0.717) is 13.0 Å². The average molecular weight is 254 g/mol. The number of sulfonamides is 1. The number of nitrogens with one attached hydrogen (secondary N) is 2. The molecule has 0 saturated heterocycles. The molecule has 1 heterocycles. The molecule has 0 saturated carbocycles. The van der Waals surface area contributed by atoms with E-state index < -0.39 is 10.0 Å². The fourth-order valence-electron chi connectivity index (χ4n) is 1.99. The number of benzene rings is 1. The Morgan fingerprint density at radius 2 is 2.06 bits per heavy atom. The van der Waals surface area contributed by atoms with Gasteiger partial charge >= 0.3 is 0 Å². The van der Waals surface area contributed by atoms with E-state index in [1.54, 1.807) is 0 Å². The molecule has 0 atom stereocenters. The molecular weight excluding hydrogens is 236 g/mol. The van der Waals surface area contributed by atoms with Gasteiger partial charge in [0.15, 0.2) is 0 Å². The summed E-state index contributed by atoms with van der Waals surface area (Å²) in [5.74, 6) is 0.194. The van der Waals surface area contributed by atoms with E-state index in [9.17, 15) is 8.42 Å². The van der Waals surface area contributed by atoms with E-state index in [2.05, 4.69) is 22.2 Å². The third kappa shape index (κ3) is 3.28. The van der Waals surface area contributed by atoms with Gasteiger partial charge < -0.3 is 5.32 Å². The predicted octanol–water partition coefficient (Wildman–Crippen LogP) is 1.12. The van der Waals surface area contributed by atoms with Crippen LogP contribution in [0.25, 0.3) is 0 Å². The van der Waals surface area contributed by atoms with Crippen LogP contribution < -0.4 is 10.0 Å². The summed E-state index contributed by atoms with van der Waals surface area (Å²) in [7, 11) is -3.11. The van der Waals surface area contributed by atoms with Gasteiger partial charge in [0, 0.05) is 19.6 Å². The van der Waals surface area contributed by atoms with Gasteiger partial charge in [0.25, 0.3) is 0 Å². The molecule has 0 fully saturated rings. The van der Waals surface area contributed by atoms with E-state index >= 15 is 0 Å². The molecular formula is C12H18N2O2S. The predicted molar refractivity (Wildman–Crippen MR) is 67.9 cm³/mol. The second-order valence-electron chi connectivity index (χ2n) is 4.35. The zero-order chi connectivity index (χ0) is 12.3. The standard InChI is InChI=1S/C12H18N2O2S/c1-2-5-17(15,16)14-7-10-3-4-11-8-13-9-12(11)6-10/h3-4,6,13-14H,2,5,7-9H2,1H3. The Morgan fingerprint density at radius 1 is 1.29 bits per heavy atom. The summed E-state index contributed by atoms with van der Waals surface area (Å²) in [6.45, 7) is 4.04. The molecule has 5 heteroatoms. The first-order valence-electron chi connectivity index (χ1n) is 5.89. The van der Waals surface area contributed by atoms with Crippen molar-refractivity contribution in [3.8, 4) is 0 Å². The second-order valence-corrected chi connectivity index (χ2v) is 6.27. The highest BCUT2D eigenvalue weighted by molar-refractivity contribution is 7.89. The molecule has 2 rings (SSSR count). The minimum absolute atomic E-state index is 0.194. The van der Waals surface area contributed by atoms with Gasteiger partial charge in [-0.15, -0.1) is 0 Å². The van der Waals surface area contributed by atoms with Crippen molar-refractivity contribution >= 4 is 10.0 Å². The summed E-state index contributed by atoms with van der Waals surface area (Å²) in [4.78, 5) is 0. The number of fused-ring (bicyclic) bond motifs is 1. The average Bonchev–Trinajstić information content (AvgIpc) is 2.73. The highest BCUT2D eigenvalue weighted by Gasteiger charge is 2.12. The van der Waals surface area contributed by atoms with Gasteiger partial charge in [0.05, 0.1) is 5.75 Å². The summed E-state index contributed by atoms with van der Waals surface area (Å²) in [5, 5.41) is 3.27. The summed E-state index contributed by atoms with van der Waals surface area (Å²) in [6.07, 6.45) is 0.642. The van der Waals surface area contributed by atoms with Crippen molar-refractivity contribution < 1.29 is 8.42 Å². The van der Waals surface area contributed by atoms with Crippen molar-refractivity contribution in [2.24, 2.45) is 0 Å². The van der Waals surface area contributed by atoms with Crippen LogP contribution in [0.4, 0.5) is 0 Å². The lowest BCUT2D eigenvalue weighted by Gasteiger charge is -2.07. The van der Waals surface area contributed by atoms with Gasteiger partial charge in [0.2, 0.25) is 10.0 Å². The van der Waals surface area contributed by atoms with Crippen LogP contribution in [0.3, 0.4) is 0 Å². The summed E-state index contributed by atoms with van der Waals surface area (Å²) in [6, 6.07) is 6.13. The van der Waals surface area contributed by atoms with Crippen LogP contribution in [0.5, 0.6) is 0 Å². The SMILES string of the molecule is CCCS(=O)(=O)NCc1ccc2c(c1)CNC2. The molecule has 1 aliphatic rings. The molecule has 1 aromatic carbocycles. The van der Waals surface area contributed by atoms with E-state index in [-0.39, 0.29) is 5.75 Å². The Kier molecular flexibility index (Phi) is 3.81. The second kappa shape index (κ2) is 5.16. The Morgan fingerprint density at radius 3 is 2.82 bits per heavy atom. The van der Waals surface area contributed by atoms with E-state index in [1.165, 1.54) is 11.1 Å². The van der Waals surface area contributed by atoms with Crippen molar-refractivity contribution in [2.45, 2.75) is 33.0 Å². The number of hydrogen-bond donors (Lipinski definition) is 2. The molecule has 1 aromatic rings. The van der Waals surface area contributed by atoms with E-state index in [4.69, 9.17) is 0 Å². The Balaban J connectivity index is 2.00. The van der Waals surface area contributed by atoms with Crippen molar-refractivity contribution in [1.29, 1.82) is 0 Å². The lowest BCUT2D eigenvalue weighted by molar-refractivity contribution is 0.580. The summed E-state index contributed by atoms with van der Waals surface area (Å²) < 4.78 is 25.6. The third-order valence-corrected chi connectivity index (χ3v) is 4.40. The van der Waals surface area contributed by atoms with Crippen LogP contribution in [-0.4, -0.2) is 14.2 Å². The molecule has 0 aliphatic carbocycles. The van der Waals surface area contributed by atoms with Crippen molar-refractivity contribution in [3.63, 3.8) is 0 Å².